The van der Waals surface area contributed by atoms with E-state index >= 15 is 0 Å². The quantitative estimate of drug-likeness (QED) is 0.482. The van der Waals surface area contributed by atoms with Gasteiger partial charge in [0.1, 0.15) is 11.3 Å². The largest absolute Gasteiger partial charge is 0.497 e. The predicted molar refractivity (Wildman–Crippen MR) is 120 cm³/mol. The minimum atomic E-state index is -0.604. The van der Waals surface area contributed by atoms with Crippen molar-refractivity contribution in [3.8, 4) is 5.75 Å². The summed E-state index contributed by atoms with van der Waals surface area (Å²) in [6.07, 6.45) is 1.50. The molecule has 2 heterocycles. The smallest absolute Gasteiger partial charge is 0.350 e. The molecule has 0 radical (unpaired) electrons. The predicted octanol–water partition coefficient (Wildman–Crippen LogP) is 2.91. The molecule has 30 heavy (non-hydrogen) atoms. The standard InChI is InChI=1S/C22H23N5O3/c1-4-26(5-2)15-8-6-14(7-9-15)13-23-27-21(28)20-19(25-22(27)29)17-12-16(30-3)10-11-18(17)24-20/h6-13,24H,4-5H2,1-3H3,(H,25,29). The van der Waals surface area contributed by atoms with Crippen molar-refractivity contribution in [1.29, 1.82) is 0 Å². The zero-order valence-corrected chi connectivity index (χ0v) is 17.1. The maximum absolute atomic E-state index is 12.9. The average molecular weight is 405 g/mol. The van der Waals surface area contributed by atoms with Gasteiger partial charge in [-0.25, -0.2) is 4.79 Å². The fourth-order valence-electron chi connectivity index (χ4n) is 3.54. The summed E-state index contributed by atoms with van der Waals surface area (Å²) in [5.41, 5.74) is 2.24. The number of methoxy groups -OCH3 is 1. The van der Waals surface area contributed by atoms with E-state index < -0.39 is 11.2 Å². The van der Waals surface area contributed by atoms with Crippen LogP contribution in [0.1, 0.15) is 19.4 Å². The van der Waals surface area contributed by atoms with Gasteiger partial charge >= 0.3 is 11.2 Å². The average Bonchev–Trinajstić information content (AvgIpc) is 3.13. The molecule has 4 aromatic rings. The molecule has 2 aromatic carbocycles. The van der Waals surface area contributed by atoms with Crippen LogP contribution < -0.4 is 20.9 Å². The van der Waals surface area contributed by atoms with Gasteiger partial charge in [0.25, 0.3) is 0 Å². The van der Waals surface area contributed by atoms with Gasteiger partial charge in [-0.1, -0.05) is 12.1 Å². The van der Waals surface area contributed by atoms with Gasteiger partial charge in [0.2, 0.25) is 0 Å². The van der Waals surface area contributed by atoms with Crippen molar-refractivity contribution in [2.45, 2.75) is 13.8 Å². The summed E-state index contributed by atoms with van der Waals surface area (Å²) in [5, 5.41) is 4.83. The van der Waals surface area contributed by atoms with Gasteiger partial charge in [-0.2, -0.15) is 5.10 Å². The zero-order chi connectivity index (χ0) is 21.3. The number of hydrogen-bond donors (Lipinski definition) is 2. The molecule has 0 amide bonds. The first-order valence-corrected chi connectivity index (χ1v) is 9.79. The number of benzene rings is 2. The molecule has 154 valence electrons. The Morgan fingerprint density at radius 1 is 1.03 bits per heavy atom. The molecule has 8 nitrogen and oxygen atoms in total. The Bertz CT molecular complexity index is 1340. The topological polar surface area (TPSA) is 95.5 Å². The van der Waals surface area contributed by atoms with Crippen LogP contribution in [0.2, 0.25) is 0 Å². The van der Waals surface area contributed by atoms with E-state index in [-0.39, 0.29) is 5.52 Å². The van der Waals surface area contributed by atoms with Crippen LogP contribution in [0, 0.1) is 0 Å². The van der Waals surface area contributed by atoms with Gasteiger partial charge in [-0.15, -0.1) is 4.68 Å². The van der Waals surface area contributed by atoms with Crippen molar-refractivity contribution >= 4 is 33.8 Å². The Labute approximate surface area is 172 Å². The van der Waals surface area contributed by atoms with E-state index in [1.54, 1.807) is 25.3 Å². The first-order valence-electron chi connectivity index (χ1n) is 9.79. The number of hydrogen-bond acceptors (Lipinski definition) is 5. The summed E-state index contributed by atoms with van der Waals surface area (Å²) in [5.74, 6) is 0.639. The Hall–Kier alpha value is -3.81. The highest BCUT2D eigenvalue weighted by atomic mass is 16.5. The molecule has 0 spiro atoms. The van der Waals surface area contributed by atoms with Crippen LogP contribution in [0.4, 0.5) is 5.69 Å². The van der Waals surface area contributed by atoms with Crippen molar-refractivity contribution in [3.63, 3.8) is 0 Å². The van der Waals surface area contributed by atoms with Crippen LogP contribution in [0.3, 0.4) is 0 Å². The molecule has 0 aliphatic carbocycles. The van der Waals surface area contributed by atoms with Crippen molar-refractivity contribution < 1.29 is 4.74 Å². The van der Waals surface area contributed by atoms with E-state index in [9.17, 15) is 9.59 Å². The number of nitrogens with zero attached hydrogens (tertiary/aromatic N) is 3. The number of aromatic nitrogens is 3. The number of anilines is 1. The molecule has 0 fully saturated rings. The highest BCUT2D eigenvalue weighted by Gasteiger charge is 2.13. The molecular weight excluding hydrogens is 382 g/mol. The molecule has 2 N–H and O–H groups in total. The molecule has 8 heteroatoms. The minimum Gasteiger partial charge on any atom is -0.497 e. The van der Waals surface area contributed by atoms with Crippen LogP contribution in [0.5, 0.6) is 5.75 Å². The summed E-state index contributed by atoms with van der Waals surface area (Å²) < 4.78 is 6.06. The van der Waals surface area contributed by atoms with Crippen LogP contribution in [0.25, 0.3) is 21.9 Å². The summed E-state index contributed by atoms with van der Waals surface area (Å²) in [6.45, 7) is 6.05. The Morgan fingerprint density at radius 3 is 2.43 bits per heavy atom. The summed E-state index contributed by atoms with van der Waals surface area (Å²) in [4.78, 5) is 33.4. The van der Waals surface area contributed by atoms with Gasteiger partial charge in [0.15, 0.2) is 0 Å². The number of fused-ring (bicyclic) bond motifs is 3. The number of aromatic amines is 2. The van der Waals surface area contributed by atoms with Crippen LogP contribution in [-0.2, 0) is 0 Å². The lowest BCUT2D eigenvalue weighted by molar-refractivity contribution is 0.415. The maximum Gasteiger partial charge on any atom is 0.350 e. The Balaban J connectivity index is 1.73. The lowest BCUT2D eigenvalue weighted by atomic mass is 10.2. The molecule has 0 bridgehead atoms. The van der Waals surface area contributed by atoms with E-state index in [0.717, 1.165) is 34.5 Å². The van der Waals surface area contributed by atoms with Crippen molar-refractivity contribution in [1.82, 2.24) is 14.6 Å². The Morgan fingerprint density at radius 2 is 1.77 bits per heavy atom. The lowest BCUT2D eigenvalue weighted by Gasteiger charge is -2.20. The van der Waals surface area contributed by atoms with Crippen LogP contribution in [-0.4, -0.2) is 41.1 Å². The fourth-order valence-corrected chi connectivity index (χ4v) is 3.54. The number of ether oxygens (including phenoxy) is 1. The van der Waals surface area contributed by atoms with Gasteiger partial charge < -0.3 is 19.6 Å². The van der Waals surface area contributed by atoms with Gasteiger partial charge in [0.05, 0.1) is 18.8 Å². The number of rotatable bonds is 6. The highest BCUT2D eigenvalue weighted by Crippen LogP contribution is 2.25. The van der Waals surface area contributed by atoms with Gasteiger partial charge in [-0.05, 0) is 49.7 Å². The third-order valence-electron chi connectivity index (χ3n) is 5.18. The van der Waals surface area contributed by atoms with Crippen molar-refractivity contribution in [2.75, 3.05) is 25.1 Å². The molecule has 0 atom stereocenters. The van der Waals surface area contributed by atoms with E-state index in [2.05, 4.69) is 33.8 Å². The van der Waals surface area contributed by atoms with Crippen LogP contribution in [0.15, 0.2) is 57.2 Å². The molecule has 2 aromatic heterocycles. The molecular formula is C22H23N5O3. The lowest BCUT2D eigenvalue weighted by Crippen LogP contribution is -2.32. The summed E-state index contributed by atoms with van der Waals surface area (Å²) in [6, 6.07) is 13.2. The Kier molecular flexibility index (Phi) is 5.14. The number of H-pyrrole nitrogens is 2. The molecule has 0 unspecified atom stereocenters. The van der Waals surface area contributed by atoms with Crippen molar-refractivity contribution in [3.05, 3.63) is 68.9 Å². The summed E-state index contributed by atoms with van der Waals surface area (Å²) in [7, 11) is 1.56. The van der Waals surface area contributed by atoms with E-state index in [1.807, 2.05) is 24.3 Å². The van der Waals surface area contributed by atoms with E-state index in [0.29, 0.717) is 16.7 Å². The van der Waals surface area contributed by atoms with E-state index in [4.69, 9.17) is 4.74 Å². The second-order valence-electron chi connectivity index (χ2n) is 6.84. The van der Waals surface area contributed by atoms with Gasteiger partial charge in [0, 0.05) is 29.7 Å². The third-order valence-corrected chi connectivity index (χ3v) is 5.18. The van der Waals surface area contributed by atoms with E-state index in [1.165, 1.54) is 6.21 Å². The SMILES string of the molecule is CCN(CC)c1ccc(C=Nn2c(=O)[nH]c3c([nH]c4ccc(OC)cc43)c2=O)cc1. The highest BCUT2D eigenvalue weighted by molar-refractivity contribution is 6.04. The molecule has 0 saturated carbocycles. The monoisotopic (exact) mass is 405 g/mol. The molecule has 4 rings (SSSR count). The van der Waals surface area contributed by atoms with Gasteiger partial charge in [-0.3, -0.25) is 4.79 Å². The minimum absolute atomic E-state index is 0.284. The normalized spacial score (nSPS) is 11.6. The molecule has 0 saturated heterocycles. The third kappa shape index (κ3) is 3.36. The number of nitrogens with one attached hydrogen (secondary N) is 2. The molecule has 0 aliphatic rings. The maximum atomic E-state index is 12.9. The first-order chi connectivity index (χ1) is 14.5. The van der Waals surface area contributed by atoms with Crippen molar-refractivity contribution in [2.24, 2.45) is 5.10 Å². The van der Waals surface area contributed by atoms with Crippen LogP contribution >= 0.6 is 0 Å². The second kappa shape index (κ2) is 7.90. The summed E-state index contributed by atoms with van der Waals surface area (Å²) >= 11 is 0. The first kappa shape index (κ1) is 19.5. The molecule has 0 aliphatic heterocycles. The fraction of sp³-hybridized carbons (Fsp3) is 0.227. The zero-order valence-electron chi connectivity index (χ0n) is 17.1. The second-order valence-corrected chi connectivity index (χ2v) is 6.84.